The number of thiazole rings is 1. The van der Waals surface area contributed by atoms with Gasteiger partial charge in [-0.15, -0.1) is 11.3 Å². The third-order valence-corrected chi connectivity index (χ3v) is 2.52. The van der Waals surface area contributed by atoms with Crippen molar-refractivity contribution in [1.82, 2.24) is 15.1 Å². The van der Waals surface area contributed by atoms with Crippen molar-refractivity contribution in [2.45, 2.75) is 6.04 Å². The van der Waals surface area contributed by atoms with Gasteiger partial charge in [0.1, 0.15) is 4.88 Å². The zero-order valence-corrected chi connectivity index (χ0v) is 8.90. The third-order valence-electron chi connectivity index (χ3n) is 1.76. The highest BCUT2D eigenvalue weighted by molar-refractivity contribution is 7.13. The fourth-order valence-corrected chi connectivity index (χ4v) is 1.60. The van der Waals surface area contributed by atoms with Crippen molar-refractivity contribution in [2.24, 2.45) is 5.73 Å². The monoisotopic (exact) mass is 226 g/mol. The lowest BCUT2D eigenvalue weighted by Gasteiger charge is -2.02. The zero-order chi connectivity index (χ0) is 10.7. The van der Waals surface area contributed by atoms with Gasteiger partial charge in [-0.1, -0.05) is 5.16 Å². The van der Waals surface area contributed by atoms with Gasteiger partial charge in [0, 0.05) is 7.11 Å². The van der Waals surface area contributed by atoms with E-state index in [1.807, 2.05) is 0 Å². The second-order valence-electron chi connectivity index (χ2n) is 2.89. The maximum Gasteiger partial charge on any atom is 0.269 e. The summed E-state index contributed by atoms with van der Waals surface area (Å²) in [5.74, 6) is 0.888. The van der Waals surface area contributed by atoms with Gasteiger partial charge in [-0.2, -0.15) is 4.98 Å². The number of nitrogens with zero attached hydrogens (tertiary/aromatic N) is 3. The smallest absolute Gasteiger partial charge is 0.269 e. The molecule has 2 aromatic rings. The Morgan fingerprint density at radius 1 is 1.67 bits per heavy atom. The Morgan fingerprint density at radius 3 is 3.20 bits per heavy atom. The van der Waals surface area contributed by atoms with Crippen molar-refractivity contribution in [2.75, 3.05) is 13.7 Å². The van der Waals surface area contributed by atoms with Gasteiger partial charge in [-0.05, 0) is 0 Å². The third kappa shape index (κ3) is 2.20. The van der Waals surface area contributed by atoms with Gasteiger partial charge in [-0.25, -0.2) is 0 Å². The normalized spacial score (nSPS) is 12.9. The van der Waals surface area contributed by atoms with E-state index in [-0.39, 0.29) is 6.04 Å². The summed E-state index contributed by atoms with van der Waals surface area (Å²) in [5, 5.41) is 3.78. The predicted octanol–water partition coefficient (Wildman–Crippen LogP) is 0.839. The number of hydrogen-bond acceptors (Lipinski definition) is 7. The standard InChI is InChI=1S/C8H10N4O2S/c1-13-3-5(9)7-11-8(14-12-7)6-2-10-4-15-6/h2,4-5H,3,9H2,1H3. The minimum atomic E-state index is -0.361. The van der Waals surface area contributed by atoms with Crippen molar-refractivity contribution in [3.05, 3.63) is 17.5 Å². The Kier molecular flexibility index (Phi) is 3.05. The molecule has 0 aliphatic carbocycles. The number of nitrogens with two attached hydrogens (primary N) is 1. The molecule has 0 saturated heterocycles. The summed E-state index contributed by atoms with van der Waals surface area (Å²) in [6.07, 6.45) is 1.67. The van der Waals surface area contributed by atoms with E-state index in [4.69, 9.17) is 15.0 Å². The van der Waals surface area contributed by atoms with Crippen molar-refractivity contribution in [3.8, 4) is 10.8 Å². The molecule has 6 nitrogen and oxygen atoms in total. The first kappa shape index (κ1) is 10.2. The molecule has 1 unspecified atom stereocenters. The molecule has 0 fully saturated rings. The van der Waals surface area contributed by atoms with Crippen LogP contribution in [0.4, 0.5) is 0 Å². The van der Waals surface area contributed by atoms with Crippen LogP contribution in [0.2, 0.25) is 0 Å². The Bertz CT molecular complexity index is 414. The maximum atomic E-state index is 5.75. The Hall–Kier alpha value is -1.31. The molecule has 2 rings (SSSR count). The molecule has 80 valence electrons. The summed E-state index contributed by atoms with van der Waals surface area (Å²) < 4.78 is 9.95. The molecule has 15 heavy (non-hydrogen) atoms. The lowest BCUT2D eigenvalue weighted by molar-refractivity contribution is 0.177. The fourth-order valence-electron chi connectivity index (χ4n) is 1.06. The highest BCUT2D eigenvalue weighted by atomic mass is 32.1. The Balaban J connectivity index is 2.17. The van der Waals surface area contributed by atoms with Crippen LogP contribution in [0.5, 0.6) is 0 Å². The molecule has 7 heteroatoms. The fraction of sp³-hybridized carbons (Fsp3) is 0.375. The first-order valence-corrected chi connectivity index (χ1v) is 5.16. The number of methoxy groups -OCH3 is 1. The molecule has 0 saturated carbocycles. The van der Waals surface area contributed by atoms with Crippen molar-refractivity contribution in [1.29, 1.82) is 0 Å². The number of aromatic nitrogens is 3. The van der Waals surface area contributed by atoms with Crippen molar-refractivity contribution >= 4 is 11.3 Å². The van der Waals surface area contributed by atoms with E-state index < -0.39 is 0 Å². The zero-order valence-electron chi connectivity index (χ0n) is 8.08. The quantitative estimate of drug-likeness (QED) is 0.831. The van der Waals surface area contributed by atoms with E-state index in [2.05, 4.69) is 15.1 Å². The minimum Gasteiger partial charge on any atom is -0.383 e. The number of hydrogen-bond donors (Lipinski definition) is 1. The van der Waals surface area contributed by atoms with E-state index in [9.17, 15) is 0 Å². The van der Waals surface area contributed by atoms with Crippen LogP contribution in [0.3, 0.4) is 0 Å². The van der Waals surface area contributed by atoms with Crippen LogP contribution in [0.25, 0.3) is 10.8 Å². The van der Waals surface area contributed by atoms with E-state index in [1.54, 1.807) is 18.8 Å². The van der Waals surface area contributed by atoms with Gasteiger partial charge in [0.2, 0.25) is 0 Å². The maximum absolute atomic E-state index is 5.75. The summed E-state index contributed by atoms with van der Waals surface area (Å²) in [4.78, 5) is 8.91. The van der Waals surface area contributed by atoms with Crippen LogP contribution in [0, 0.1) is 0 Å². The summed E-state index contributed by atoms with van der Waals surface area (Å²) in [5.41, 5.74) is 7.45. The lowest BCUT2D eigenvalue weighted by Crippen LogP contribution is -2.17. The van der Waals surface area contributed by atoms with E-state index in [1.165, 1.54) is 11.3 Å². The molecule has 1 atom stereocenters. The summed E-state index contributed by atoms with van der Waals surface area (Å²) in [7, 11) is 1.57. The summed E-state index contributed by atoms with van der Waals surface area (Å²) >= 11 is 1.43. The average Bonchev–Trinajstić information content (AvgIpc) is 2.89. The number of ether oxygens (including phenoxy) is 1. The molecule has 0 aliphatic rings. The van der Waals surface area contributed by atoms with Gasteiger partial charge < -0.3 is 15.0 Å². The molecule has 0 spiro atoms. The second-order valence-corrected chi connectivity index (χ2v) is 3.77. The molecule has 0 bridgehead atoms. The first-order valence-electron chi connectivity index (χ1n) is 4.28. The van der Waals surface area contributed by atoms with Gasteiger partial charge in [-0.3, -0.25) is 4.98 Å². The molecule has 0 radical (unpaired) electrons. The Labute approximate surface area is 90.1 Å². The molecule has 2 N–H and O–H groups in total. The van der Waals surface area contributed by atoms with Crippen LogP contribution in [-0.2, 0) is 4.74 Å². The lowest BCUT2D eigenvalue weighted by atomic mass is 10.3. The van der Waals surface area contributed by atoms with E-state index in [0.717, 1.165) is 4.88 Å². The molecule has 0 aliphatic heterocycles. The molecule has 2 aromatic heterocycles. The van der Waals surface area contributed by atoms with Crippen LogP contribution in [0.15, 0.2) is 16.2 Å². The van der Waals surface area contributed by atoms with Gasteiger partial charge in [0.05, 0.1) is 24.4 Å². The van der Waals surface area contributed by atoms with Gasteiger partial charge >= 0.3 is 0 Å². The second kappa shape index (κ2) is 4.47. The SMILES string of the molecule is COCC(N)c1noc(-c2cncs2)n1. The van der Waals surface area contributed by atoms with Crippen LogP contribution in [0.1, 0.15) is 11.9 Å². The van der Waals surface area contributed by atoms with E-state index >= 15 is 0 Å². The number of rotatable bonds is 4. The molecular weight excluding hydrogens is 216 g/mol. The minimum absolute atomic E-state index is 0.361. The topological polar surface area (TPSA) is 87.1 Å². The van der Waals surface area contributed by atoms with Crippen LogP contribution < -0.4 is 5.73 Å². The van der Waals surface area contributed by atoms with Crippen LogP contribution in [-0.4, -0.2) is 28.8 Å². The largest absolute Gasteiger partial charge is 0.383 e. The first-order chi connectivity index (χ1) is 7.31. The molecular formula is C8H10N4O2S. The summed E-state index contributed by atoms with van der Waals surface area (Å²) in [6, 6.07) is -0.361. The highest BCUT2D eigenvalue weighted by Gasteiger charge is 2.15. The molecule has 2 heterocycles. The predicted molar refractivity (Wildman–Crippen MR) is 54.2 cm³/mol. The van der Waals surface area contributed by atoms with Crippen molar-refractivity contribution in [3.63, 3.8) is 0 Å². The van der Waals surface area contributed by atoms with Crippen LogP contribution >= 0.6 is 11.3 Å². The van der Waals surface area contributed by atoms with Gasteiger partial charge in [0.15, 0.2) is 5.82 Å². The highest BCUT2D eigenvalue weighted by Crippen LogP contribution is 2.21. The van der Waals surface area contributed by atoms with Gasteiger partial charge in [0.25, 0.3) is 5.89 Å². The van der Waals surface area contributed by atoms with Crippen molar-refractivity contribution < 1.29 is 9.26 Å². The molecule has 0 aromatic carbocycles. The Morgan fingerprint density at radius 2 is 2.53 bits per heavy atom. The molecule has 0 amide bonds. The van der Waals surface area contributed by atoms with E-state index in [0.29, 0.717) is 18.3 Å². The summed E-state index contributed by atoms with van der Waals surface area (Å²) in [6.45, 7) is 0.363. The average molecular weight is 226 g/mol.